The van der Waals surface area contributed by atoms with E-state index in [9.17, 15) is 23.1 Å². The van der Waals surface area contributed by atoms with Gasteiger partial charge in [-0.15, -0.1) is 0 Å². The molecule has 0 bridgehead atoms. The number of fused-ring (bicyclic) bond motifs is 1. The van der Waals surface area contributed by atoms with Crippen molar-refractivity contribution in [2.45, 2.75) is 57.2 Å². The lowest BCUT2D eigenvalue weighted by molar-refractivity contribution is -0.141. The number of aliphatic hydroxyl groups excluding tert-OH is 1. The number of aliphatic hydroxyl groups is 1. The number of nitrogens with zero attached hydrogens (tertiary/aromatic N) is 2. The second-order valence-electron chi connectivity index (χ2n) is 8.58. The van der Waals surface area contributed by atoms with Gasteiger partial charge in [-0.05, 0) is 79.5 Å². The number of carbonyl (C=O) groups is 1. The smallest absolute Gasteiger partial charge is 0.393 e. The molecule has 1 saturated heterocycles. The summed E-state index contributed by atoms with van der Waals surface area (Å²) >= 11 is 0. The fourth-order valence-corrected chi connectivity index (χ4v) is 4.55. The molecule has 4 rings (SSSR count). The van der Waals surface area contributed by atoms with Crippen LogP contribution in [0.15, 0.2) is 36.4 Å². The van der Waals surface area contributed by atoms with Crippen molar-refractivity contribution in [1.29, 1.82) is 0 Å². The van der Waals surface area contributed by atoms with Crippen molar-refractivity contribution in [2.75, 3.05) is 18.0 Å². The molecule has 170 valence electrons. The molecule has 1 aromatic heterocycles. The predicted octanol–water partition coefficient (Wildman–Crippen LogP) is 4.77. The lowest BCUT2D eigenvalue weighted by atomic mass is 9.85. The van der Waals surface area contributed by atoms with Crippen molar-refractivity contribution in [3.63, 3.8) is 0 Å². The summed E-state index contributed by atoms with van der Waals surface area (Å²) < 4.78 is 39.7. The molecule has 1 unspecified atom stereocenters. The van der Waals surface area contributed by atoms with Crippen molar-refractivity contribution in [3.8, 4) is 0 Å². The number of piperidine rings is 1. The zero-order chi connectivity index (χ0) is 22.7. The van der Waals surface area contributed by atoms with Crippen LogP contribution in [0.3, 0.4) is 0 Å². The Balaban J connectivity index is 1.56. The molecule has 2 aliphatic rings. The quantitative estimate of drug-likeness (QED) is 0.676. The van der Waals surface area contributed by atoms with Crippen LogP contribution in [0.25, 0.3) is 6.08 Å². The second-order valence-corrected chi connectivity index (χ2v) is 8.58. The maximum absolute atomic E-state index is 13.2. The molecule has 1 fully saturated rings. The molecule has 1 atom stereocenters. The molecule has 1 aliphatic heterocycles. The highest BCUT2D eigenvalue weighted by Crippen LogP contribution is 2.32. The lowest BCUT2D eigenvalue weighted by Crippen LogP contribution is -2.31. The summed E-state index contributed by atoms with van der Waals surface area (Å²) in [5.74, 6) is 0.145. The Morgan fingerprint density at radius 3 is 2.69 bits per heavy atom. The van der Waals surface area contributed by atoms with Gasteiger partial charge in [0.05, 0.1) is 6.10 Å². The fraction of sp³-hybridized carbons (Fsp3) is 0.440. The van der Waals surface area contributed by atoms with Crippen molar-refractivity contribution in [1.82, 2.24) is 4.98 Å². The van der Waals surface area contributed by atoms with E-state index in [0.29, 0.717) is 25.1 Å². The van der Waals surface area contributed by atoms with E-state index < -0.39 is 11.9 Å². The van der Waals surface area contributed by atoms with Crippen LogP contribution >= 0.6 is 0 Å². The van der Waals surface area contributed by atoms with Crippen LogP contribution in [0.2, 0.25) is 0 Å². The van der Waals surface area contributed by atoms with E-state index in [4.69, 9.17) is 0 Å². The van der Waals surface area contributed by atoms with Gasteiger partial charge in [0.25, 0.3) is 0 Å². The Morgan fingerprint density at radius 2 is 1.94 bits per heavy atom. The first-order valence-electron chi connectivity index (χ1n) is 11.1. The van der Waals surface area contributed by atoms with Crippen LogP contribution in [0.5, 0.6) is 0 Å². The van der Waals surface area contributed by atoms with Gasteiger partial charge >= 0.3 is 6.18 Å². The Hall–Kier alpha value is -2.67. The largest absolute Gasteiger partial charge is 0.433 e. The maximum atomic E-state index is 13.2. The number of carbonyl (C=O) groups excluding carboxylic acids is 1. The Kier molecular flexibility index (Phi) is 6.65. The standard InChI is InChI=1S/C25H27F3N2O2/c26-25(27,28)23-12-9-18(24(29-23)30-13-2-1-3-14-30)8-11-20(31)15-19-6-4-5-17-7-10-21(32)16-22(17)19/h4-6,8-9,11-12,21,32H,1-3,7,10,13-16H2/b11-8+. The number of aromatic nitrogens is 1. The van der Waals surface area contributed by atoms with Crippen molar-refractivity contribution in [2.24, 2.45) is 0 Å². The van der Waals surface area contributed by atoms with Crippen LogP contribution < -0.4 is 4.90 Å². The van der Waals surface area contributed by atoms with Crippen molar-refractivity contribution < 1.29 is 23.1 Å². The van der Waals surface area contributed by atoms with Gasteiger partial charge in [-0.1, -0.05) is 18.2 Å². The van der Waals surface area contributed by atoms with E-state index in [2.05, 4.69) is 4.98 Å². The third kappa shape index (κ3) is 5.21. The first kappa shape index (κ1) is 22.5. The van der Waals surface area contributed by atoms with Crippen LogP contribution in [0, 0.1) is 0 Å². The fourth-order valence-electron chi connectivity index (χ4n) is 4.55. The lowest BCUT2D eigenvalue weighted by Gasteiger charge is -2.29. The number of hydrogen-bond donors (Lipinski definition) is 1. The molecule has 0 spiro atoms. The summed E-state index contributed by atoms with van der Waals surface area (Å²) in [6.07, 6.45) is 3.23. The van der Waals surface area contributed by atoms with E-state index >= 15 is 0 Å². The monoisotopic (exact) mass is 444 g/mol. The average Bonchev–Trinajstić information content (AvgIpc) is 2.78. The van der Waals surface area contributed by atoms with E-state index in [1.165, 1.54) is 17.7 Å². The molecule has 2 aromatic rings. The summed E-state index contributed by atoms with van der Waals surface area (Å²) in [4.78, 5) is 18.5. The minimum absolute atomic E-state index is 0.136. The number of benzene rings is 1. The SMILES string of the molecule is O=C(/C=C/c1ccc(C(F)(F)F)nc1N1CCCCC1)Cc1cccc2c1CC(O)CC2. The van der Waals surface area contributed by atoms with Gasteiger partial charge in [-0.3, -0.25) is 4.79 Å². The average molecular weight is 444 g/mol. The molecule has 1 aromatic carbocycles. The van der Waals surface area contributed by atoms with Crippen LogP contribution in [0.4, 0.5) is 19.0 Å². The number of anilines is 1. The van der Waals surface area contributed by atoms with E-state index in [1.54, 1.807) is 6.08 Å². The minimum atomic E-state index is -4.51. The summed E-state index contributed by atoms with van der Waals surface area (Å²) in [6.45, 7) is 1.31. The third-order valence-electron chi connectivity index (χ3n) is 6.22. The molecular formula is C25H27F3N2O2. The number of alkyl halides is 3. The minimum Gasteiger partial charge on any atom is -0.393 e. The van der Waals surface area contributed by atoms with Gasteiger partial charge in [0.15, 0.2) is 5.78 Å². The van der Waals surface area contributed by atoms with E-state index in [1.807, 2.05) is 23.1 Å². The number of ketones is 1. The number of halogens is 3. The number of hydrogen-bond acceptors (Lipinski definition) is 4. The normalized spacial score (nSPS) is 19.2. The molecule has 0 amide bonds. The summed E-state index contributed by atoms with van der Waals surface area (Å²) in [5, 5.41) is 10.0. The van der Waals surface area contributed by atoms with E-state index in [0.717, 1.165) is 49.3 Å². The molecule has 1 aliphatic carbocycles. The van der Waals surface area contributed by atoms with Crippen LogP contribution in [0.1, 0.15) is 53.6 Å². The molecule has 32 heavy (non-hydrogen) atoms. The Bertz CT molecular complexity index is 1010. The Labute approximate surface area is 185 Å². The molecular weight excluding hydrogens is 417 g/mol. The van der Waals surface area contributed by atoms with Gasteiger partial charge < -0.3 is 10.0 Å². The van der Waals surface area contributed by atoms with E-state index in [-0.39, 0.29) is 24.1 Å². The highest BCUT2D eigenvalue weighted by molar-refractivity contribution is 5.95. The molecule has 0 saturated carbocycles. The number of pyridine rings is 1. The number of rotatable bonds is 5. The van der Waals surface area contributed by atoms with Crippen LogP contribution in [-0.4, -0.2) is 35.1 Å². The summed E-state index contributed by atoms with van der Waals surface area (Å²) in [7, 11) is 0. The highest BCUT2D eigenvalue weighted by atomic mass is 19.4. The summed E-state index contributed by atoms with van der Waals surface area (Å²) in [6, 6.07) is 8.22. The van der Waals surface area contributed by atoms with Gasteiger partial charge in [0.2, 0.25) is 0 Å². The molecule has 4 nitrogen and oxygen atoms in total. The molecule has 0 radical (unpaired) electrons. The van der Waals surface area contributed by atoms with Gasteiger partial charge in [0, 0.05) is 25.1 Å². The zero-order valence-electron chi connectivity index (χ0n) is 17.9. The van der Waals surface area contributed by atoms with Gasteiger partial charge in [-0.25, -0.2) is 4.98 Å². The zero-order valence-corrected chi connectivity index (χ0v) is 17.9. The first-order valence-corrected chi connectivity index (χ1v) is 11.1. The number of aryl methyl sites for hydroxylation is 1. The molecule has 2 heterocycles. The van der Waals surface area contributed by atoms with Gasteiger partial charge in [0.1, 0.15) is 11.5 Å². The second kappa shape index (κ2) is 9.45. The summed E-state index contributed by atoms with van der Waals surface area (Å²) in [5.41, 5.74) is 2.70. The molecule has 1 N–H and O–H groups in total. The first-order chi connectivity index (χ1) is 15.3. The highest BCUT2D eigenvalue weighted by Gasteiger charge is 2.33. The predicted molar refractivity (Wildman–Crippen MR) is 118 cm³/mol. The van der Waals surface area contributed by atoms with Crippen LogP contribution in [-0.2, 0) is 30.2 Å². The number of allylic oxidation sites excluding steroid dienone is 1. The molecule has 7 heteroatoms. The third-order valence-corrected chi connectivity index (χ3v) is 6.22. The Morgan fingerprint density at radius 1 is 1.16 bits per heavy atom. The van der Waals surface area contributed by atoms with Gasteiger partial charge in [-0.2, -0.15) is 13.2 Å². The topological polar surface area (TPSA) is 53.4 Å². The maximum Gasteiger partial charge on any atom is 0.433 e. The van der Waals surface area contributed by atoms with Crippen molar-refractivity contribution >= 4 is 17.7 Å². The van der Waals surface area contributed by atoms with Crippen molar-refractivity contribution in [3.05, 3.63) is 64.4 Å².